The molecule has 0 spiro atoms. The van der Waals surface area contributed by atoms with Gasteiger partial charge in [0.2, 0.25) is 5.91 Å². The van der Waals surface area contributed by atoms with Crippen LogP contribution in [-0.2, 0) is 17.6 Å². The first-order valence-electron chi connectivity index (χ1n) is 8.58. The lowest BCUT2D eigenvalue weighted by Crippen LogP contribution is -2.31. The van der Waals surface area contributed by atoms with E-state index in [1.165, 1.54) is 5.56 Å². The molecule has 1 unspecified atom stereocenters. The lowest BCUT2D eigenvalue weighted by Gasteiger charge is -2.24. The number of nitrogens with one attached hydrogen (secondary N) is 1. The molecule has 0 saturated carbocycles. The molecule has 1 aromatic heterocycles. The third-order valence-electron chi connectivity index (χ3n) is 4.80. The molecule has 0 aliphatic heterocycles. The average molecular weight is 338 g/mol. The number of rotatable bonds is 5. The number of nitrogens with zero attached hydrogens (tertiary/aromatic N) is 1. The molecule has 3 rings (SSSR count). The van der Waals surface area contributed by atoms with Gasteiger partial charge in [-0.1, -0.05) is 12.1 Å². The standard InChI is InChI=1S/C20H22N2O3/c1-13-10-16(20(24)25)8-7-15(13)11-18(23)22-12-17-5-2-4-14-6-3-9-21-19(14)17/h3,6-10,17H,2,4-5,11-12H2,1H3,(H,22,23)(H,24,25). The molecule has 2 N–H and O–H groups in total. The summed E-state index contributed by atoms with van der Waals surface area (Å²) in [5, 5.41) is 12.0. The van der Waals surface area contributed by atoms with Gasteiger partial charge in [0.1, 0.15) is 0 Å². The Bertz CT molecular complexity index is 801. The molecule has 1 aliphatic carbocycles. The van der Waals surface area contributed by atoms with Crippen molar-refractivity contribution in [3.8, 4) is 0 Å². The highest BCUT2D eigenvalue weighted by molar-refractivity contribution is 5.88. The molecule has 1 aliphatic rings. The molecule has 1 aromatic carbocycles. The summed E-state index contributed by atoms with van der Waals surface area (Å²) in [4.78, 5) is 27.8. The smallest absolute Gasteiger partial charge is 0.335 e. The lowest BCUT2D eigenvalue weighted by atomic mass is 9.86. The average Bonchev–Trinajstić information content (AvgIpc) is 2.61. The van der Waals surface area contributed by atoms with E-state index in [9.17, 15) is 9.59 Å². The Labute approximate surface area is 147 Å². The number of carboxylic acid groups (broad SMARTS) is 1. The molecule has 0 bridgehead atoms. The summed E-state index contributed by atoms with van der Waals surface area (Å²) >= 11 is 0. The zero-order chi connectivity index (χ0) is 17.8. The van der Waals surface area contributed by atoms with Crippen LogP contribution in [0.25, 0.3) is 0 Å². The molecule has 0 fully saturated rings. The summed E-state index contributed by atoms with van der Waals surface area (Å²) in [7, 11) is 0. The fourth-order valence-electron chi connectivity index (χ4n) is 3.40. The van der Waals surface area contributed by atoms with Crippen LogP contribution in [0.4, 0.5) is 0 Å². The number of carbonyl (C=O) groups is 2. The van der Waals surface area contributed by atoms with Gasteiger partial charge in [-0.3, -0.25) is 9.78 Å². The van der Waals surface area contributed by atoms with Crippen LogP contribution < -0.4 is 5.32 Å². The van der Waals surface area contributed by atoms with Crippen LogP contribution in [0.2, 0.25) is 0 Å². The van der Waals surface area contributed by atoms with Crippen LogP contribution in [-0.4, -0.2) is 28.5 Å². The summed E-state index contributed by atoms with van der Waals surface area (Å²) in [5.74, 6) is -0.735. The number of carbonyl (C=O) groups excluding carboxylic acids is 1. The summed E-state index contributed by atoms with van der Waals surface area (Å²) in [6.45, 7) is 2.42. The number of aryl methyl sites for hydroxylation is 2. The fourth-order valence-corrected chi connectivity index (χ4v) is 3.40. The molecule has 25 heavy (non-hydrogen) atoms. The fraction of sp³-hybridized carbons (Fsp3) is 0.350. The second kappa shape index (κ2) is 7.47. The number of fused-ring (bicyclic) bond motifs is 1. The Hall–Kier alpha value is -2.69. The van der Waals surface area contributed by atoms with Crippen molar-refractivity contribution < 1.29 is 14.7 Å². The SMILES string of the molecule is Cc1cc(C(=O)O)ccc1CC(=O)NCC1CCCc2cccnc21. The van der Waals surface area contributed by atoms with Gasteiger partial charge in [0.05, 0.1) is 12.0 Å². The van der Waals surface area contributed by atoms with E-state index in [4.69, 9.17) is 5.11 Å². The quantitative estimate of drug-likeness (QED) is 0.878. The molecule has 1 heterocycles. The maximum absolute atomic E-state index is 12.3. The first-order valence-corrected chi connectivity index (χ1v) is 8.58. The van der Waals surface area contributed by atoms with E-state index in [-0.39, 0.29) is 23.8 Å². The topological polar surface area (TPSA) is 79.3 Å². The minimum absolute atomic E-state index is 0.0470. The number of aromatic nitrogens is 1. The first-order chi connectivity index (χ1) is 12.0. The summed E-state index contributed by atoms with van der Waals surface area (Å²) in [5.41, 5.74) is 4.31. The van der Waals surface area contributed by atoms with E-state index in [1.807, 2.05) is 19.2 Å². The largest absolute Gasteiger partial charge is 0.478 e. The predicted molar refractivity (Wildman–Crippen MR) is 94.8 cm³/mol. The molecule has 2 aromatic rings. The number of benzene rings is 1. The van der Waals surface area contributed by atoms with Gasteiger partial charge >= 0.3 is 5.97 Å². The van der Waals surface area contributed by atoms with Crippen molar-refractivity contribution in [1.82, 2.24) is 10.3 Å². The molecule has 5 nitrogen and oxygen atoms in total. The number of pyridine rings is 1. The van der Waals surface area contributed by atoms with Gasteiger partial charge in [-0.25, -0.2) is 4.79 Å². The van der Waals surface area contributed by atoms with E-state index in [1.54, 1.807) is 18.2 Å². The zero-order valence-electron chi connectivity index (χ0n) is 14.3. The van der Waals surface area contributed by atoms with E-state index < -0.39 is 5.97 Å². The van der Waals surface area contributed by atoms with Gasteiger partial charge in [-0.2, -0.15) is 0 Å². The Morgan fingerprint density at radius 1 is 1.32 bits per heavy atom. The highest BCUT2D eigenvalue weighted by Gasteiger charge is 2.21. The highest BCUT2D eigenvalue weighted by Crippen LogP contribution is 2.29. The van der Waals surface area contributed by atoms with Gasteiger partial charge in [-0.15, -0.1) is 0 Å². The van der Waals surface area contributed by atoms with Crippen LogP contribution in [0, 0.1) is 6.92 Å². The number of aromatic carboxylic acids is 1. The number of hydrogen-bond donors (Lipinski definition) is 2. The van der Waals surface area contributed by atoms with E-state index in [0.29, 0.717) is 6.54 Å². The Kier molecular flexibility index (Phi) is 5.12. The Balaban J connectivity index is 1.60. The van der Waals surface area contributed by atoms with Crippen molar-refractivity contribution in [1.29, 1.82) is 0 Å². The van der Waals surface area contributed by atoms with Gasteiger partial charge in [0.25, 0.3) is 0 Å². The van der Waals surface area contributed by atoms with Gasteiger partial charge < -0.3 is 10.4 Å². The van der Waals surface area contributed by atoms with Crippen LogP contribution in [0.15, 0.2) is 36.5 Å². The predicted octanol–water partition coefficient (Wildman–Crippen LogP) is 2.87. The van der Waals surface area contributed by atoms with Crippen molar-refractivity contribution in [2.45, 2.75) is 38.5 Å². The van der Waals surface area contributed by atoms with Crippen molar-refractivity contribution >= 4 is 11.9 Å². The maximum Gasteiger partial charge on any atom is 0.335 e. The van der Waals surface area contributed by atoms with Gasteiger partial charge in [-0.05, 0) is 61.1 Å². The minimum Gasteiger partial charge on any atom is -0.478 e. The third-order valence-corrected chi connectivity index (χ3v) is 4.80. The zero-order valence-corrected chi connectivity index (χ0v) is 14.3. The van der Waals surface area contributed by atoms with E-state index in [0.717, 1.165) is 36.1 Å². The van der Waals surface area contributed by atoms with Crippen molar-refractivity contribution in [3.05, 3.63) is 64.5 Å². The molecule has 130 valence electrons. The van der Waals surface area contributed by atoms with Crippen molar-refractivity contribution in [2.24, 2.45) is 0 Å². The van der Waals surface area contributed by atoms with Crippen molar-refractivity contribution in [2.75, 3.05) is 6.54 Å². The number of hydrogen-bond acceptors (Lipinski definition) is 3. The second-order valence-corrected chi connectivity index (χ2v) is 6.56. The highest BCUT2D eigenvalue weighted by atomic mass is 16.4. The summed E-state index contributed by atoms with van der Waals surface area (Å²) in [6, 6.07) is 8.94. The molecule has 1 atom stereocenters. The normalized spacial score (nSPS) is 16.1. The van der Waals surface area contributed by atoms with Crippen molar-refractivity contribution in [3.63, 3.8) is 0 Å². The van der Waals surface area contributed by atoms with Crippen LogP contribution >= 0.6 is 0 Å². The van der Waals surface area contributed by atoms with E-state index >= 15 is 0 Å². The molecular formula is C20H22N2O3. The van der Waals surface area contributed by atoms with Crippen LogP contribution in [0.3, 0.4) is 0 Å². The maximum atomic E-state index is 12.3. The number of amides is 1. The molecule has 0 radical (unpaired) electrons. The number of carboxylic acids is 1. The molecular weight excluding hydrogens is 316 g/mol. The van der Waals surface area contributed by atoms with E-state index in [2.05, 4.69) is 16.4 Å². The molecule has 1 amide bonds. The third kappa shape index (κ3) is 4.05. The van der Waals surface area contributed by atoms with Gasteiger partial charge in [0.15, 0.2) is 0 Å². The molecule has 5 heteroatoms. The molecule has 0 saturated heterocycles. The summed E-state index contributed by atoms with van der Waals surface area (Å²) in [6.07, 6.45) is 5.29. The Morgan fingerprint density at radius 2 is 2.16 bits per heavy atom. The monoisotopic (exact) mass is 338 g/mol. The van der Waals surface area contributed by atoms with Crippen LogP contribution in [0.1, 0.15) is 51.5 Å². The van der Waals surface area contributed by atoms with Gasteiger partial charge in [0, 0.05) is 24.4 Å². The second-order valence-electron chi connectivity index (χ2n) is 6.56. The first kappa shape index (κ1) is 17.1. The Morgan fingerprint density at radius 3 is 2.92 bits per heavy atom. The summed E-state index contributed by atoms with van der Waals surface area (Å²) < 4.78 is 0. The van der Waals surface area contributed by atoms with Crippen LogP contribution in [0.5, 0.6) is 0 Å². The lowest BCUT2D eigenvalue weighted by molar-refractivity contribution is -0.120. The minimum atomic E-state index is -0.956.